The molecular weight excluding hydrogens is 222 g/mol. The second-order valence-corrected chi connectivity index (χ2v) is 6.09. The molecule has 0 radical (unpaired) electrons. The van der Waals surface area contributed by atoms with E-state index >= 15 is 0 Å². The molecule has 1 unspecified atom stereocenters. The van der Waals surface area contributed by atoms with Gasteiger partial charge >= 0.3 is 12.1 Å². The fourth-order valence-corrected chi connectivity index (χ4v) is 2.76. The Morgan fingerprint density at radius 2 is 2.06 bits per heavy atom. The second kappa shape index (κ2) is 3.62. The molecule has 0 aromatic heterocycles. The van der Waals surface area contributed by atoms with Crippen LogP contribution in [0.25, 0.3) is 0 Å². The molecule has 0 aromatic rings. The molecule has 1 N–H and O–H groups in total. The number of fused-ring (bicyclic) bond motifs is 2. The topological polar surface area (TPSA) is 66.8 Å². The molecule has 2 rings (SSSR count). The maximum absolute atomic E-state index is 11.9. The molecule has 96 valence electrons. The van der Waals surface area contributed by atoms with Gasteiger partial charge in [-0.3, -0.25) is 4.79 Å². The lowest BCUT2D eigenvalue weighted by molar-refractivity contribution is -0.148. The average molecular weight is 241 g/mol. The summed E-state index contributed by atoms with van der Waals surface area (Å²) in [5.41, 5.74) is -1.25. The normalized spacial score (nSPS) is 31.7. The summed E-state index contributed by atoms with van der Waals surface area (Å²) >= 11 is 0. The number of hydrogen-bond acceptors (Lipinski definition) is 3. The molecule has 5 heteroatoms. The van der Waals surface area contributed by atoms with Gasteiger partial charge in [0, 0.05) is 12.6 Å². The van der Waals surface area contributed by atoms with Gasteiger partial charge in [-0.15, -0.1) is 0 Å². The van der Waals surface area contributed by atoms with Crippen molar-refractivity contribution in [3.05, 3.63) is 0 Å². The molecule has 1 saturated heterocycles. The Labute approximate surface area is 101 Å². The fraction of sp³-hybridized carbons (Fsp3) is 0.833. The maximum atomic E-state index is 11.9. The van der Waals surface area contributed by atoms with Gasteiger partial charge in [0.15, 0.2) is 0 Å². The monoisotopic (exact) mass is 241 g/mol. The molecule has 2 fully saturated rings. The first-order valence-corrected chi connectivity index (χ1v) is 5.97. The highest BCUT2D eigenvalue weighted by atomic mass is 16.6. The average Bonchev–Trinajstić information content (AvgIpc) is 2.72. The minimum atomic E-state index is -0.786. The number of aliphatic carboxylic acids is 1. The van der Waals surface area contributed by atoms with E-state index < -0.39 is 17.0 Å². The number of hydrogen-bond donors (Lipinski definition) is 1. The number of carboxylic acid groups (broad SMARTS) is 1. The van der Waals surface area contributed by atoms with E-state index in [4.69, 9.17) is 4.74 Å². The predicted molar refractivity (Wildman–Crippen MR) is 60.6 cm³/mol. The fourth-order valence-electron chi connectivity index (χ4n) is 2.76. The zero-order valence-corrected chi connectivity index (χ0v) is 10.5. The Bertz CT molecular complexity index is 360. The van der Waals surface area contributed by atoms with E-state index in [0.29, 0.717) is 19.4 Å². The number of likely N-dealkylation sites (tertiary alicyclic amines) is 1. The maximum Gasteiger partial charge on any atom is 0.410 e. The molecular formula is C12H19NO4. The van der Waals surface area contributed by atoms with Gasteiger partial charge in [-0.1, -0.05) is 0 Å². The molecule has 1 aliphatic carbocycles. The van der Waals surface area contributed by atoms with E-state index in [1.54, 1.807) is 4.90 Å². The number of amides is 1. The van der Waals surface area contributed by atoms with Crippen molar-refractivity contribution in [2.75, 3.05) is 6.54 Å². The first-order valence-electron chi connectivity index (χ1n) is 5.97. The van der Waals surface area contributed by atoms with Crippen molar-refractivity contribution < 1.29 is 19.4 Å². The number of carboxylic acids is 1. The summed E-state index contributed by atoms with van der Waals surface area (Å²) in [5, 5.41) is 9.24. The van der Waals surface area contributed by atoms with Crippen molar-refractivity contribution in [3.63, 3.8) is 0 Å². The Hall–Kier alpha value is -1.26. The molecule has 1 aliphatic heterocycles. The molecule has 5 nitrogen and oxygen atoms in total. The summed E-state index contributed by atoms with van der Waals surface area (Å²) in [6.45, 7) is 5.73. The minimum Gasteiger partial charge on any atom is -0.481 e. The minimum absolute atomic E-state index is 0.0425. The van der Waals surface area contributed by atoms with E-state index in [1.165, 1.54) is 0 Å². The van der Waals surface area contributed by atoms with E-state index in [-0.39, 0.29) is 12.1 Å². The number of carbonyl (C=O) groups excluding carboxylic acids is 1. The van der Waals surface area contributed by atoms with Crippen molar-refractivity contribution in [1.29, 1.82) is 0 Å². The first kappa shape index (κ1) is 12.2. The van der Waals surface area contributed by atoms with Crippen molar-refractivity contribution in [3.8, 4) is 0 Å². The van der Waals surface area contributed by atoms with E-state index in [9.17, 15) is 14.7 Å². The molecule has 17 heavy (non-hydrogen) atoms. The highest BCUT2D eigenvalue weighted by Crippen LogP contribution is 2.48. The van der Waals surface area contributed by atoms with Crippen LogP contribution in [0, 0.1) is 5.41 Å². The van der Waals surface area contributed by atoms with Crippen molar-refractivity contribution in [2.45, 2.75) is 51.7 Å². The second-order valence-electron chi connectivity index (χ2n) is 6.09. The SMILES string of the molecule is CC(C)(C)OC(=O)N1C[C@]2(C(=O)O)CCC1C2. The lowest BCUT2D eigenvalue weighted by Gasteiger charge is -2.32. The van der Waals surface area contributed by atoms with E-state index in [2.05, 4.69) is 0 Å². The van der Waals surface area contributed by atoms with Crippen LogP contribution in [-0.2, 0) is 9.53 Å². The number of carbonyl (C=O) groups is 2. The standard InChI is InChI=1S/C12H19NO4/c1-11(2,3)17-10(16)13-7-12(9(14)15)5-4-8(13)6-12/h8H,4-7H2,1-3H3,(H,14,15)/t8?,12-/m0/s1. The van der Waals surface area contributed by atoms with Gasteiger partial charge in [-0.2, -0.15) is 0 Å². The van der Waals surface area contributed by atoms with E-state index in [0.717, 1.165) is 6.42 Å². The summed E-state index contributed by atoms with van der Waals surface area (Å²) in [6, 6.07) is 0.0425. The third-order valence-corrected chi connectivity index (χ3v) is 3.58. The third kappa shape index (κ3) is 2.10. The largest absolute Gasteiger partial charge is 0.481 e. The number of rotatable bonds is 1. The first-order chi connectivity index (χ1) is 7.73. The Balaban J connectivity index is 2.07. The lowest BCUT2D eigenvalue weighted by atomic mass is 9.88. The zero-order chi connectivity index (χ0) is 12.8. The molecule has 0 spiro atoms. The van der Waals surface area contributed by atoms with Crippen LogP contribution < -0.4 is 0 Å². The van der Waals surface area contributed by atoms with Gasteiger partial charge in [-0.25, -0.2) is 4.79 Å². The molecule has 0 aromatic carbocycles. The van der Waals surface area contributed by atoms with Crippen molar-refractivity contribution in [2.24, 2.45) is 5.41 Å². The van der Waals surface area contributed by atoms with Crippen LogP contribution in [0.2, 0.25) is 0 Å². The lowest BCUT2D eigenvalue weighted by Crippen LogP contribution is -2.44. The van der Waals surface area contributed by atoms with Gasteiger partial charge in [0.1, 0.15) is 5.60 Å². The quantitative estimate of drug-likeness (QED) is 0.761. The smallest absolute Gasteiger partial charge is 0.410 e. The van der Waals surface area contributed by atoms with Crippen LogP contribution in [0.4, 0.5) is 4.79 Å². The van der Waals surface area contributed by atoms with Gasteiger partial charge < -0.3 is 14.7 Å². The number of nitrogens with zero attached hydrogens (tertiary/aromatic N) is 1. The summed E-state index contributed by atoms with van der Waals surface area (Å²) in [6.07, 6.45) is 1.63. The van der Waals surface area contributed by atoms with Crippen LogP contribution >= 0.6 is 0 Å². The van der Waals surface area contributed by atoms with Crippen LogP contribution in [0.5, 0.6) is 0 Å². The van der Waals surface area contributed by atoms with Crippen LogP contribution in [0.3, 0.4) is 0 Å². The Morgan fingerprint density at radius 1 is 1.41 bits per heavy atom. The van der Waals surface area contributed by atoms with Crippen molar-refractivity contribution >= 4 is 12.1 Å². The summed E-state index contributed by atoms with van der Waals surface area (Å²) in [5.74, 6) is -0.786. The summed E-state index contributed by atoms with van der Waals surface area (Å²) < 4.78 is 5.29. The molecule has 1 heterocycles. The summed E-state index contributed by atoms with van der Waals surface area (Å²) in [7, 11) is 0. The highest BCUT2D eigenvalue weighted by Gasteiger charge is 2.56. The molecule has 2 aliphatic rings. The number of piperidine rings is 1. The molecule has 1 amide bonds. The highest BCUT2D eigenvalue weighted by molar-refractivity contribution is 5.79. The van der Waals surface area contributed by atoms with Crippen LogP contribution in [0.15, 0.2) is 0 Å². The Kier molecular flexibility index (Phi) is 2.60. The molecule has 2 atom stereocenters. The summed E-state index contributed by atoms with van der Waals surface area (Å²) in [4.78, 5) is 24.8. The molecule has 1 saturated carbocycles. The third-order valence-electron chi connectivity index (χ3n) is 3.58. The van der Waals surface area contributed by atoms with Crippen LogP contribution in [0.1, 0.15) is 40.0 Å². The van der Waals surface area contributed by atoms with Gasteiger partial charge in [0.2, 0.25) is 0 Å². The predicted octanol–water partition coefficient (Wildman–Crippen LogP) is 1.86. The van der Waals surface area contributed by atoms with E-state index in [1.807, 2.05) is 20.8 Å². The van der Waals surface area contributed by atoms with Crippen LogP contribution in [-0.4, -0.2) is 40.3 Å². The Morgan fingerprint density at radius 3 is 2.53 bits per heavy atom. The molecule has 2 bridgehead atoms. The zero-order valence-electron chi connectivity index (χ0n) is 10.5. The number of ether oxygens (including phenoxy) is 1. The van der Waals surface area contributed by atoms with Crippen molar-refractivity contribution in [1.82, 2.24) is 4.90 Å². The van der Waals surface area contributed by atoms with Gasteiger partial charge in [-0.05, 0) is 40.0 Å². The van der Waals surface area contributed by atoms with Gasteiger partial charge in [0.05, 0.1) is 5.41 Å². The van der Waals surface area contributed by atoms with Gasteiger partial charge in [0.25, 0.3) is 0 Å².